The molecule has 0 aliphatic carbocycles. The van der Waals surface area contributed by atoms with Crippen molar-refractivity contribution >= 4 is 43.8 Å². The molecule has 0 radical (unpaired) electrons. The molecule has 0 bridgehead atoms. The number of thiazole rings is 2. The minimum absolute atomic E-state index is 0.208. The normalized spacial score (nSPS) is 11.5. The Kier molecular flexibility index (Phi) is 3.56. The molecule has 0 saturated heterocycles. The molecule has 0 spiro atoms. The molecule has 0 unspecified atom stereocenters. The van der Waals surface area contributed by atoms with Gasteiger partial charge in [-0.2, -0.15) is 0 Å². The van der Waals surface area contributed by atoms with E-state index in [1.165, 1.54) is 16.8 Å². The maximum absolute atomic E-state index is 12.1. The first-order chi connectivity index (χ1) is 8.81. The van der Waals surface area contributed by atoms with Crippen molar-refractivity contribution in [3.05, 3.63) is 21.8 Å². The van der Waals surface area contributed by atoms with E-state index < -0.39 is 21.7 Å². The van der Waals surface area contributed by atoms with E-state index in [4.69, 9.17) is 5.11 Å². The Labute approximate surface area is 117 Å². The molecular weight excluding hydrogens is 310 g/mol. The van der Waals surface area contributed by atoms with Crippen LogP contribution in [-0.2, 0) is 10.0 Å². The lowest BCUT2D eigenvalue weighted by molar-refractivity contribution is 0.0687. The summed E-state index contributed by atoms with van der Waals surface area (Å²) >= 11 is 1.94. The van der Waals surface area contributed by atoms with Gasteiger partial charge in [-0.15, -0.1) is 22.7 Å². The molecule has 0 atom stereocenters. The number of hydrogen-bond donors (Lipinski definition) is 2. The summed E-state index contributed by atoms with van der Waals surface area (Å²) in [5, 5.41) is 9.08. The molecule has 2 aromatic heterocycles. The molecule has 0 aromatic carbocycles. The molecule has 2 aromatic rings. The number of nitrogens with one attached hydrogen (secondary N) is 1. The van der Waals surface area contributed by atoms with Crippen molar-refractivity contribution in [3.8, 4) is 0 Å². The van der Waals surface area contributed by atoms with Crippen LogP contribution >= 0.6 is 22.7 Å². The number of anilines is 1. The van der Waals surface area contributed by atoms with E-state index in [-0.39, 0.29) is 9.34 Å². The lowest BCUT2D eigenvalue weighted by atomic mass is 10.4. The summed E-state index contributed by atoms with van der Waals surface area (Å²) in [6, 6.07) is 0. The number of aromatic carboxylic acids is 1. The number of aromatic nitrogens is 2. The first-order valence-corrected chi connectivity index (χ1v) is 8.13. The van der Waals surface area contributed by atoms with Gasteiger partial charge in [-0.25, -0.2) is 23.2 Å². The standard InChI is InChI=1S/C9H9N3O4S3/c1-4-5(2)18-9(11-4)12-19(15,16)8-6(7(13)14)10-3-17-8/h3H,1-2H3,(H,11,12)(H,13,14). The van der Waals surface area contributed by atoms with Crippen LogP contribution in [0.3, 0.4) is 0 Å². The fourth-order valence-electron chi connectivity index (χ4n) is 1.25. The first kappa shape index (κ1) is 13.9. The van der Waals surface area contributed by atoms with Crippen LogP contribution < -0.4 is 4.72 Å². The highest BCUT2D eigenvalue weighted by Crippen LogP contribution is 2.26. The SMILES string of the molecule is Cc1nc(NS(=O)(=O)c2scnc2C(=O)O)sc1C. The zero-order valence-corrected chi connectivity index (χ0v) is 12.3. The first-order valence-electron chi connectivity index (χ1n) is 4.95. The number of carboxylic acids is 1. The van der Waals surface area contributed by atoms with E-state index in [0.717, 1.165) is 21.9 Å². The van der Waals surface area contributed by atoms with Crippen LogP contribution in [-0.4, -0.2) is 29.5 Å². The van der Waals surface area contributed by atoms with Crippen LogP contribution in [0.4, 0.5) is 5.13 Å². The van der Waals surface area contributed by atoms with Gasteiger partial charge in [-0.05, 0) is 13.8 Å². The van der Waals surface area contributed by atoms with E-state index in [2.05, 4.69) is 14.7 Å². The summed E-state index contributed by atoms with van der Waals surface area (Å²) in [5.41, 5.74) is 1.42. The Morgan fingerprint density at radius 3 is 2.63 bits per heavy atom. The molecule has 10 heteroatoms. The lowest BCUT2D eigenvalue weighted by Crippen LogP contribution is -2.15. The maximum atomic E-state index is 12.1. The number of sulfonamides is 1. The Bertz CT molecular complexity index is 712. The Morgan fingerprint density at radius 1 is 1.42 bits per heavy atom. The van der Waals surface area contributed by atoms with Gasteiger partial charge in [-0.1, -0.05) is 0 Å². The van der Waals surface area contributed by atoms with Gasteiger partial charge in [0.2, 0.25) is 0 Å². The van der Waals surface area contributed by atoms with Gasteiger partial charge in [0.05, 0.1) is 11.2 Å². The number of nitrogens with zero attached hydrogens (tertiary/aromatic N) is 2. The predicted molar refractivity (Wildman–Crippen MR) is 71.5 cm³/mol. The Morgan fingerprint density at radius 2 is 2.11 bits per heavy atom. The molecule has 2 heterocycles. The van der Waals surface area contributed by atoms with Gasteiger partial charge in [0, 0.05) is 4.88 Å². The van der Waals surface area contributed by atoms with Crippen molar-refractivity contribution in [3.63, 3.8) is 0 Å². The van der Waals surface area contributed by atoms with Crippen LogP contribution in [0.1, 0.15) is 21.1 Å². The third-order valence-corrected chi connectivity index (χ3v) is 6.06. The van der Waals surface area contributed by atoms with Crippen molar-refractivity contribution in [1.29, 1.82) is 0 Å². The Hall–Kier alpha value is -1.52. The predicted octanol–water partition coefficient (Wildman–Crippen LogP) is 1.72. The second-order valence-electron chi connectivity index (χ2n) is 3.56. The average Bonchev–Trinajstić information content (AvgIpc) is 2.86. The van der Waals surface area contributed by atoms with Gasteiger partial charge in [0.25, 0.3) is 10.0 Å². The molecule has 0 aliphatic heterocycles. The number of aryl methyl sites for hydroxylation is 2. The van der Waals surface area contributed by atoms with E-state index in [1.807, 2.05) is 6.92 Å². The van der Waals surface area contributed by atoms with Crippen molar-refractivity contribution in [1.82, 2.24) is 9.97 Å². The molecule has 7 nitrogen and oxygen atoms in total. The van der Waals surface area contributed by atoms with Crippen LogP contribution in [0, 0.1) is 13.8 Å². The summed E-state index contributed by atoms with van der Waals surface area (Å²) in [6.45, 7) is 3.58. The lowest BCUT2D eigenvalue weighted by Gasteiger charge is -2.02. The zero-order valence-electron chi connectivity index (χ0n) is 9.87. The van der Waals surface area contributed by atoms with E-state index in [9.17, 15) is 13.2 Å². The van der Waals surface area contributed by atoms with Gasteiger partial charge in [0.15, 0.2) is 15.0 Å². The molecular formula is C9H9N3O4S3. The minimum atomic E-state index is -3.98. The summed E-state index contributed by atoms with van der Waals surface area (Å²) in [7, 11) is -3.98. The van der Waals surface area contributed by atoms with E-state index in [1.54, 1.807) is 6.92 Å². The summed E-state index contributed by atoms with van der Waals surface area (Å²) in [6.07, 6.45) is 0. The molecule has 0 aliphatic rings. The second kappa shape index (κ2) is 4.87. The fraction of sp³-hybridized carbons (Fsp3) is 0.222. The zero-order chi connectivity index (χ0) is 14.2. The van der Waals surface area contributed by atoms with Crippen molar-refractivity contribution < 1.29 is 18.3 Å². The van der Waals surface area contributed by atoms with Crippen LogP contribution in [0.5, 0.6) is 0 Å². The van der Waals surface area contributed by atoms with Crippen molar-refractivity contribution in [2.45, 2.75) is 18.1 Å². The molecule has 102 valence electrons. The highest BCUT2D eigenvalue weighted by Gasteiger charge is 2.26. The third kappa shape index (κ3) is 2.74. The maximum Gasteiger partial charge on any atom is 0.356 e. The number of rotatable bonds is 4. The molecule has 19 heavy (non-hydrogen) atoms. The Balaban J connectivity index is 2.38. The number of hydrogen-bond acceptors (Lipinski definition) is 7. The molecule has 2 N–H and O–H groups in total. The van der Waals surface area contributed by atoms with E-state index >= 15 is 0 Å². The highest BCUT2D eigenvalue weighted by molar-refractivity contribution is 7.94. The van der Waals surface area contributed by atoms with Gasteiger partial charge < -0.3 is 5.11 Å². The summed E-state index contributed by atoms with van der Waals surface area (Å²) < 4.78 is 26.1. The summed E-state index contributed by atoms with van der Waals surface area (Å²) in [4.78, 5) is 19.3. The van der Waals surface area contributed by atoms with Crippen LogP contribution in [0.25, 0.3) is 0 Å². The van der Waals surface area contributed by atoms with E-state index in [0.29, 0.717) is 0 Å². The molecule has 0 amide bonds. The molecule has 0 saturated carbocycles. The van der Waals surface area contributed by atoms with Crippen LogP contribution in [0.15, 0.2) is 9.72 Å². The summed E-state index contributed by atoms with van der Waals surface area (Å²) in [5.74, 6) is -1.38. The van der Waals surface area contributed by atoms with Crippen LogP contribution in [0.2, 0.25) is 0 Å². The quantitative estimate of drug-likeness (QED) is 0.888. The number of carbonyl (C=O) groups is 1. The second-order valence-corrected chi connectivity index (χ2v) is 7.50. The third-order valence-electron chi connectivity index (χ3n) is 2.23. The number of carboxylic acid groups (broad SMARTS) is 1. The van der Waals surface area contributed by atoms with Gasteiger partial charge in [0.1, 0.15) is 0 Å². The highest BCUT2D eigenvalue weighted by atomic mass is 32.2. The van der Waals surface area contributed by atoms with Crippen molar-refractivity contribution in [2.75, 3.05) is 4.72 Å². The topological polar surface area (TPSA) is 109 Å². The average molecular weight is 319 g/mol. The largest absolute Gasteiger partial charge is 0.476 e. The van der Waals surface area contributed by atoms with Gasteiger partial charge >= 0.3 is 5.97 Å². The monoisotopic (exact) mass is 319 g/mol. The molecule has 2 rings (SSSR count). The van der Waals surface area contributed by atoms with Gasteiger partial charge in [-0.3, -0.25) is 4.72 Å². The fourth-order valence-corrected chi connectivity index (χ4v) is 4.44. The van der Waals surface area contributed by atoms with Crippen molar-refractivity contribution in [2.24, 2.45) is 0 Å². The smallest absolute Gasteiger partial charge is 0.356 e. The minimum Gasteiger partial charge on any atom is -0.476 e. The molecule has 0 fully saturated rings.